The molecule has 0 fully saturated rings. The molecule has 0 saturated carbocycles. The lowest BCUT2D eigenvalue weighted by Gasteiger charge is -2.05. The van der Waals surface area contributed by atoms with Gasteiger partial charge in [-0.05, 0) is 17.5 Å². The molecular weight excluding hydrogens is 196 g/mol. The molecule has 1 amide bonds. The van der Waals surface area contributed by atoms with E-state index in [4.69, 9.17) is 5.26 Å². The number of amides is 1. The van der Waals surface area contributed by atoms with Crippen LogP contribution in [0.15, 0.2) is 34.7 Å². The monoisotopic (exact) mass is 202 g/mol. The first-order valence-electron chi connectivity index (χ1n) is 4.05. The van der Waals surface area contributed by atoms with Crippen molar-refractivity contribution < 1.29 is 4.79 Å². The SMILES string of the molecule is N#CC1C=CC(c2cccs2)=NC1=O. The lowest BCUT2D eigenvalue weighted by Crippen LogP contribution is -2.14. The fraction of sp³-hybridized carbons (Fsp3) is 0.100. The molecule has 0 N–H and O–H groups in total. The van der Waals surface area contributed by atoms with Crippen molar-refractivity contribution in [3.05, 3.63) is 34.5 Å². The second kappa shape index (κ2) is 3.56. The Bertz CT molecular complexity index is 451. The third kappa shape index (κ3) is 1.50. The largest absolute Gasteiger partial charge is 0.271 e. The molecular formula is C10H6N2OS. The molecule has 1 atom stereocenters. The molecule has 14 heavy (non-hydrogen) atoms. The Labute approximate surface area is 85.0 Å². The van der Waals surface area contributed by atoms with Crippen molar-refractivity contribution in [3.8, 4) is 6.07 Å². The summed E-state index contributed by atoms with van der Waals surface area (Å²) in [7, 11) is 0. The van der Waals surface area contributed by atoms with Gasteiger partial charge in [0.2, 0.25) is 0 Å². The molecule has 0 spiro atoms. The van der Waals surface area contributed by atoms with Crippen LogP contribution in [-0.4, -0.2) is 11.6 Å². The fourth-order valence-corrected chi connectivity index (χ4v) is 1.85. The summed E-state index contributed by atoms with van der Waals surface area (Å²) in [5.41, 5.74) is 0.650. The van der Waals surface area contributed by atoms with Crippen molar-refractivity contribution >= 4 is 23.0 Å². The van der Waals surface area contributed by atoms with Crippen LogP contribution in [0.1, 0.15) is 4.88 Å². The highest BCUT2D eigenvalue weighted by Gasteiger charge is 2.19. The molecule has 1 unspecified atom stereocenters. The number of nitriles is 1. The number of nitrogens with zero attached hydrogens (tertiary/aromatic N) is 2. The summed E-state index contributed by atoms with van der Waals surface area (Å²) in [4.78, 5) is 16.1. The Morgan fingerprint density at radius 1 is 1.57 bits per heavy atom. The average molecular weight is 202 g/mol. The predicted octanol–water partition coefficient (Wildman–Crippen LogP) is 1.77. The maximum absolute atomic E-state index is 11.3. The highest BCUT2D eigenvalue weighted by molar-refractivity contribution is 7.12. The number of carbonyl (C=O) groups is 1. The van der Waals surface area contributed by atoms with Crippen molar-refractivity contribution in [2.45, 2.75) is 0 Å². The van der Waals surface area contributed by atoms with Gasteiger partial charge in [-0.3, -0.25) is 4.79 Å². The van der Waals surface area contributed by atoms with Gasteiger partial charge in [0.15, 0.2) is 0 Å². The zero-order valence-electron chi connectivity index (χ0n) is 7.18. The molecule has 2 heterocycles. The summed E-state index contributed by atoms with van der Waals surface area (Å²) in [5, 5.41) is 10.5. The number of hydrogen-bond acceptors (Lipinski definition) is 3. The molecule has 68 valence electrons. The second-order valence-electron chi connectivity index (χ2n) is 2.78. The molecule has 0 bridgehead atoms. The molecule has 1 aliphatic rings. The Kier molecular flexibility index (Phi) is 2.25. The van der Waals surface area contributed by atoms with Gasteiger partial charge < -0.3 is 0 Å². The first-order chi connectivity index (χ1) is 6.81. The van der Waals surface area contributed by atoms with E-state index in [-0.39, 0.29) is 5.91 Å². The first kappa shape index (κ1) is 8.85. The molecule has 0 aromatic carbocycles. The Hall–Kier alpha value is -1.73. The first-order valence-corrected chi connectivity index (χ1v) is 4.93. The predicted molar refractivity (Wildman–Crippen MR) is 54.1 cm³/mol. The van der Waals surface area contributed by atoms with Crippen LogP contribution in [0, 0.1) is 17.2 Å². The van der Waals surface area contributed by atoms with E-state index in [1.54, 1.807) is 12.2 Å². The van der Waals surface area contributed by atoms with E-state index < -0.39 is 5.92 Å². The number of allylic oxidation sites excluding steroid dienone is 1. The van der Waals surface area contributed by atoms with Crippen LogP contribution in [0.3, 0.4) is 0 Å². The number of aliphatic imine (C=N–C) groups is 1. The van der Waals surface area contributed by atoms with Gasteiger partial charge in [-0.15, -0.1) is 11.3 Å². The highest BCUT2D eigenvalue weighted by Crippen LogP contribution is 2.16. The number of carbonyl (C=O) groups excluding carboxylic acids is 1. The van der Waals surface area contributed by atoms with Crippen LogP contribution in [0.25, 0.3) is 0 Å². The summed E-state index contributed by atoms with van der Waals surface area (Å²) in [6.07, 6.45) is 3.31. The molecule has 2 rings (SSSR count). The third-order valence-corrected chi connectivity index (χ3v) is 2.75. The lowest BCUT2D eigenvalue weighted by molar-refractivity contribution is -0.118. The van der Waals surface area contributed by atoms with Gasteiger partial charge in [0, 0.05) is 0 Å². The number of hydrogen-bond donors (Lipinski definition) is 0. The zero-order chi connectivity index (χ0) is 9.97. The van der Waals surface area contributed by atoms with Crippen LogP contribution >= 0.6 is 11.3 Å². The maximum atomic E-state index is 11.3. The summed E-state index contributed by atoms with van der Waals surface area (Å²) in [5.74, 6) is -1.09. The van der Waals surface area contributed by atoms with Crippen LogP contribution in [-0.2, 0) is 4.79 Å². The van der Waals surface area contributed by atoms with Gasteiger partial charge in [-0.2, -0.15) is 5.26 Å². The number of thiophene rings is 1. The van der Waals surface area contributed by atoms with Crippen molar-refractivity contribution in [2.75, 3.05) is 0 Å². The standard InChI is InChI=1S/C10H6N2OS/c11-6-7-3-4-8(12-10(7)13)9-2-1-5-14-9/h1-5,7H. The summed E-state index contributed by atoms with van der Waals surface area (Å²) >= 11 is 1.52. The van der Waals surface area contributed by atoms with Gasteiger partial charge in [0.1, 0.15) is 5.92 Å². The van der Waals surface area contributed by atoms with Crippen LogP contribution in [0.5, 0.6) is 0 Å². The van der Waals surface area contributed by atoms with Gasteiger partial charge >= 0.3 is 0 Å². The normalized spacial score (nSPS) is 20.4. The Morgan fingerprint density at radius 2 is 2.43 bits per heavy atom. The van der Waals surface area contributed by atoms with E-state index in [9.17, 15) is 4.79 Å². The van der Waals surface area contributed by atoms with E-state index in [1.807, 2.05) is 23.6 Å². The number of rotatable bonds is 1. The second-order valence-corrected chi connectivity index (χ2v) is 3.73. The zero-order valence-corrected chi connectivity index (χ0v) is 7.99. The van der Waals surface area contributed by atoms with Crippen LogP contribution < -0.4 is 0 Å². The molecule has 0 aliphatic carbocycles. The van der Waals surface area contributed by atoms with Gasteiger partial charge in [-0.1, -0.05) is 12.1 Å². The van der Waals surface area contributed by atoms with Crippen LogP contribution in [0.2, 0.25) is 0 Å². The summed E-state index contributed by atoms with van der Waals surface area (Å²) in [6.45, 7) is 0. The van der Waals surface area contributed by atoms with E-state index >= 15 is 0 Å². The van der Waals surface area contributed by atoms with Gasteiger partial charge in [-0.25, -0.2) is 4.99 Å². The van der Waals surface area contributed by atoms with Gasteiger partial charge in [0.05, 0.1) is 16.7 Å². The maximum Gasteiger partial charge on any atom is 0.267 e. The number of dihydropyridines is 1. The third-order valence-electron chi connectivity index (χ3n) is 1.86. The van der Waals surface area contributed by atoms with Crippen molar-refractivity contribution in [1.82, 2.24) is 0 Å². The molecule has 1 aromatic rings. The minimum Gasteiger partial charge on any atom is -0.271 e. The fourth-order valence-electron chi connectivity index (χ4n) is 1.16. The molecule has 4 heteroatoms. The lowest BCUT2D eigenvalue weighted by atomic mass is 10.1. The molecule has 0 saturated heterocycles. The summed E-state index contributed by atoms with van der Waals surface area (Å²) in [6, 6.07) is 5.68. The molecule has 3 nitrogen and oxygen atoms in total. The minimum atomic E-state index is -0.710. The topological polar surface area (TPSA) is 53.2 Å². The molecule has 0 radical (unpaired) electrons. The Morgan fingerprint density at radius 3 is 3.00 bits per heavy atom. The van der Waals surface area contributed by atoms with E-state index in [1.165, 1.54) is 11.3 Å². The van der Waals surface area contributed by atoms with E-state index in [0.717, 1.165) is 4.88 Å². The van der Waals surface area contributed by atoms with Crippen molar-refractivity contribution in [1.29, 1.82) is 5.26 Å². The average Bonchev–Trinajstić information content (AvgIpc) is 2.70. The van der Waals surface area contributed by atoms with E-state index in [0.29, 0.717) is 5.71 Å². The quantitative estimate of drug-likeness (QED) is 0.696. The molecule has 1 aromatic heterocycles. The van der Waals surface area contributed by atoms with E-state index in [2.05, 4.69) is 4.99 Å². The molecule has 1 aliphatic heterocycles. The summed E-state index contributed by atoms with van der Waals surface area (Å²) < 4.78 is 0. The smallest absolute Gasteiger partial charge is 0.267 e. The Balaban J connectivity index is 2.32. The van der Waals surface area contributed by atoms with Crippen LogP contribution in [0.4, 0.5) is 0 Å². The highest BCUT2D eigenvalue weighted by atomic mass is 32.1. The van der Waals surface area contributed by atoms with Gasteiger partial charge in [0.25, 0.3) is 5.91 Å². The van der Waals surface area contributed by atoms with Crippen molar-refractivity contribution in [2.24, 2.45) is 10.9 Å². The minimum absolute atomic E-state index is 0.376. The van der Waals surface area contributed by atoms with Crippen molar-refractivity contribution in [3.63, 3.8) is 0 Å².